The number of benzene rings is 2. The van der Waals surface area contributed by atoms with Gasteiger partial charge in [-0.05, 0) is 68.8 Å². The van der Waals surface area contributed by atoms with E-state index in [-0.39, 0.29) is 5.91 Å². The van der Waals surface area contributed by atoms with E-state index < -0.39 is 0 Å². The van der Waals surface area contributed by atoms with Gasteiger partial charge in [-0.2, -0.15) is 0 Å². The van der Waals surface area contributed by atoms with Crippen molar-refractivity contribution in [2.45, 2.75) is 44.2 Å². The summed E-state index contributed by atoms with van der Waals surface area (Å²) in [6.07, 6.45) is 4.44. The molecule has 4 nitrogen and oxygen atoms in total. The number of carbonyl (C=O) groups is 1. The molecule has 1 amide bonds. The van der Waals surface area contributed by atoms with Crippen molar-refractivity contribution in [1.82, 2.24) is 14.4 Å². The van der Waals surface area contributed by atoms with Crippen LogP contribution in [0.4, 0.5) is 0 Å². The summed E-state index contributed by atoms with van der Waals surface area (Å²) in [6, 6.07) is 21.8. The van der Waals surface area contributed by atoms with E-state index in [4.69, 9.17) is 0 Å². The van der Waals surface area contributed by atoms with Crippen molar-refractivity contribution in [2.24, 2.45) is 7.05 Å². The quantitative estimate of drug-likeness (QED) is 0.592. The number of nitrogens with zero attached hydrogens (tertiary/aromatic N) is 3. The molecule has 0 spiro atoms. The summed E-state index contributed by atoms with van der Waals surface area (Å²) in [5.41, 5.74) is 3.87. The monoisotopic (exact) mass is 403 g/mol. The standard InChI is InChI=1S/C26H33N3O/c1-27(2)19-26(30)29(18-24-17-22-11-7-8-12-25(22)28(24)3)23-15-13-21(14-16-23)20-9-5-4-6-10-20/h4-12,17,21,23H,13-16,18-19H2,1-3H3. The summed E-state index contributed by atoms with van der Waals surface area (Å²) < 4.78 is 2.24. The Morgan fingerprint density at radius 3 is 2.30 bits per heavy atom. The molecule has 0 bridgehead atoms. The maximum Gasteiger partial charge on any atom is 0.237 e. The van der Waals surface area contributed by atoms with E-state index >= 15 is 0 Å². The third-order valence-electron chi connectivity index (χ3n) is 6.56. The van der Waals surface area contributed by atoms with Crippen molar-refractivity contribution in [3.63, 3.8) is 0 Å². The Bertz CT molecular complexity index is 984. The first-order valence-corrected chi connectivity index (χ1v) is 11.1. The summed E-state index contributed by atoms with van der Waals surface area (Å²) >= 11 is 0. The van der Waals surface area contributed by atoms with Crippen LogP contribution >= 0.6 is 0 Å². The van der Waals surface area contributed by atoms with Crippen molar-refractivity contribution in [1.29, 1.82) is 0 Å². The fourth-order valence-corrected chi connectivity index (χ4v) is 4.90. The number of aromatic nitrogens is 1. The van der Waals surface area contributed by atoms with Crippen LogP contribution in [0.1, 0.15) is 42.9 Å². The van der Waals surface area contributed by atoms with E-state index in [0.29, 0.717) is 25.0 Å². The normalized spacial score (nSPS) is 19.3. The zero-order valence-electron chi connectivity index (χ0n) is 18.4. The lowest BCUT2D eigenvalue weighted by atomic mass is 9.81. The number of para-hydroxylation sites is 1. The van der Waals surface area contributed by atoms with Gasteiger partial charge in [-0.1, -0.05) is 48.5 Å². The Morgan fingerprint density at radius 1 is 0.967 bits per heavy atom. The molecule has 1 fully saturated rings. The predicted molar refractivity (Wildman–Crippen MR) is 123 cm³/mol. The van der Waals surface area contributed by atoms with Crippen molar-refractivity contribution >= 4 is 16.8 Å². The minimum atomic E-state index is 0.230. The summed E-state index contributed by atoms with van der Waals surface area (Å²) in [4.78, 5) is 17.3. The molecular formula is C26H33N3O. The van der Waals surface area contributed by atoms with E-state index in [9.17, 15) is 4.79 Å². The maximum atomic E-state index is 13.2. The molecule has 0 atom stereocenters. The molecule has 30 heavy (non-hydrogen) atoms. The molecule has 4 heteroatoms. The topological polar surface area (TPSA) is 28.5 Å². The zero-order chi connectivity index (χ0) is 21.1. The van der Waals surface area contributed by atoms with Crippen LogP contribution < -0.4 is 0 Å². The second kappa shape index (κ2) is 9.05. The molecule has 3 aromatic rings. The van der Waals surface area contributed by atoms with E-state index in [1.807, 2.05) is 19.0 Å². The van der Waals surface area contributed by atoms with Crippen LogP contribution in [0.15, 0.2) is 60.7 Å². The van der Waals surface area contributed by atoms with E-state index in [1.165, 1.54) is 22.2 Å². The van der Waals surface area contributed by atoms with E-state index in [2.05, 4.69) is 77.2 Å². The molecule has 0 saturated heterocycles. The summed E-state index contributed by atoms with van der Waals surface area (Å²) in [7, 11) is 6.05. The summed E-state index contributed by atoms with van der Waals surface area (Å²) in [5, 5.41) is 1.24. The van der Waals surface area contributed by atoms with Crippen LogP contribution in [0.3, 0.4) is 0 Å². The molecule has 1 aliphatic rings. The van der Waals surface area contributed by atoms with Gasteiger partial charge in [-0.3, -0.25) is 4.79 Å². The molecule has 1 aliphatic carbocycles. The van der Waals surface area contributed by atoms with E-state index in [1.54, 1.807) is 0 Å². The lowest BCUT2D eigenvalue weighted by Gasteiger charge is -2.38. The zero-order valence-corrected chi connectivity index (χ0v) is 18.4. The van der Waals surface area contributed by atoms with Gasteiger partial charge < -0.3 is 14.4 Å². The van der Waals surface area contributed by atoms with Crippen LogP contribution in [-0.4, -0.2) is 47.0 Å². The van der Waals surface area contributed by atoms with Gasteiger partial charge >= 0.3 is 0 Å². The highest BCUT2D eigenvalue weighted by Gasteiger charge is 2.30. The van der Waals surface area contributed by atoms with Gasteiger partial charge in [-0.15, -0.1) is 0 Å². The molecule has 0 N–H and O–H groups in total. The van der Waals surface area contributed by atoms with Gasteiger partial charge in [0.15, 0.2) is 0 Å². The van der Waals surface area contributed by atoms with Crippen molar-refractivity contribution in [3.8, 4) is 0 Å². The Labute approximate surface area is 180 Å². The minimum Gasteiger partial charge on any atom is -0.346 e. The largest absolute Gasteiger partial charge is 0.346 e. The molecule has 158 valence electrons. The molecule has 0 aliphatic heterocycles. The average molecular weight is 404 g/mol. The molecule has 2 aromatic carbocycles. The minimum absolute atomic E-state index is 0.230. The second-order valence-electron chi connectivity index (χ2n) is 8.93. The van der Waals surface area contributed by atoms with Gasteiger partial charge in [0.2, 0.25) is 5.91 Å². The fraction of sp³-hybridized carbons (Fsp3) is 0.423. The summed E-state index contributed by atoms with van der Waals surface area (Å²) in [6.45, 7) is 1.14. The third kappa shape index (κ3) is 4.44. The number of amides is 1. The number of fused-ring (bicyclic) bond motifs is 1. The van der Waals surface area contributed by atoms with Crippen molar-refractivity contribution < 1.29 is 4.79 Å². The van der Waals surface area contributed by atoms with Crippen molar-refractivity contribution in [3.05, 3.63) is 71.9 Å². The fourth-order valence-electron chi connectivity index (χ4n) is 4.90. The van der Waals surface area contributed by atoms with Crippen LogP contribution in [0, 0.1) is 0 Å². The highest BCUT2D eigenvalue weighted by molar-refractivity contribution is 5.82. The number of carbonyl (C=O) groups excluding carboxylic acids is 1. The average Bonchev–Trinajstić information content (AvgIpc) is 3.08. The Kier molecular flexibility index (Phi) is 6.24. The van der Waals surface area contributed by atoms with E-state index in [0.717, 1.165) is 25.7 Å². The summed E-state index contributed by atoms with van der Waals surface area (Å²) in [5.74, 6) is 0.847. The number of rotatable bonds is 6. The number of hydrogen-bond donors (Lipinski definition) is 0. The smallest absolute Gasteiger partial charge is 0.237 e. The SMILES string of the molecule is CN(C)CC(=O)N(Cc1cc2ccccc2n1C)C1CCC(c2ccccc2)CC1. The van der Waals surface area contributed by atoms with Gasteiger partial charge in [0.25, 0.3) is 0 Å². The molecule has 1 aromatic heterocycles. The highest BCUT2D eigenvalue weighted by Crippen LogP contribution is 2.35. The second-order valence-corrected chi connectivity index (χ2v) is 8.93. The predicted octanol–water partition coefficient (Wildman–Crippen LogP) is 4.79. The Balaban J connectivity index is 1.53. The van der Waals surface area contributed by atoms with Crippen LogP contribution in [0.5, 0.6) is 0 Å². The number of hydrogen-bond acceptors (Lipinski definition) is 2. The van der Waals surface area contributed by atoms with Gasteiger partial charge in [0, 0.05) is 24.3 Å². The van der Waals surface area contributed by atoms with Gasteiger partial charge in [0.05, 0.1) is 13.1 Å². The van der Waals surface area contributed by atoms with Crippen LogP contribution in [0.2, 0.25) is 0 Å². The molecule has 0 radical (unpaired) electrons. The van der Waals surface area contributed by atoms with Gasteiger partial charge in [0.1, 0.15) is 0 Å². The number of aryl methyl sites for hydroxylation is 1. The molecule has 0 unspecified atom stereocenters. The molecular weight excluding hydrogens is 370 g/mol. The Morgan fingerprint density at radius 2 is 1.63 bits per heavy atom. The number of likely N-dealkylation sites (N-methyl/N-ethyl adjacent to an activating group) is 1. The first kappa shape index (κ1) is 20.7. The van der Waals surface area contributed by atoms with Crippen LogP contribution in [-0.2, 0) is 18.4 Å². The lowest BCUT2D eigenvalue weighted by molar-refractivity contribution is -0.135. The first-order chi connectivity index (χ1) is 14.5. The third-order valence-corrected chi connectivity index (χ3v) is 6.56. The lowest BCUT2D eigenvalue weighted by Crippen LogP contribution is -2.45. The highest BCUT2D eigenvalue weighted by atomic mass is 16.2. The first-order valence-electron chi connectivity index (χ1n) is 11.1. The Hall–Kier alpha value is -2.59. The molecule has 4 rings (SSSR count). The molecule has 1 heterocycles. The molecule has 1 saturated carbocycles. The van der Waals surface area contributed by atoms with Crippen molar-refractivity contribution in [2.75, 3.05) is 20.6 Å². The van der Waals surface area contributed by atoms with Gasteiger partial charge in [-0.25, -0.2) is 0 Å². The van der Waals surface area contributed by atoms with Crippen LogP contribution in [0.25, 0.3) is 10.9 Å². The maximum absolute atomic E-state index is 13.2.